The number of amides is 2. The number of morpholine rings is 1. The highest BCUT2D eigenvalue weighted by molar-refractivity contribution is 5.74. The van der Waals surface area contributed by atoms with Crippen molar-refractivity contribution in [2.24, 2.45) is 0 Å². The molecule has 5 nitrogen and oxygen atoms in total. The Morgan fingerprint density at radius 3 is 2.69 bits per heavy atom. The lowest BCUT2D eigenvalue weighted by atomic mass is 10.1. The van der Waals surface area contributed by atoms with Gasteiger partial charge in [-0.2, -0.15) is 0 Å². The van der Waals surface area contributed by atoms with E-state index >= 15 is 0 Å². The normalized spacial score (nSPS) is 23.6. The van der Waals surface area contributed by atoms with E-state index in [1.165, 1.54) is 17.2 Å². The lowest BCUT2D eigenvalue weighted by molar-refractivity contribution is -0.00539. The number of aryl methyl sites for hydroxylation is 1. The van der Waals surface area contributed by atoms with E-state index < -0.39 is 0 Å². The van der Waals surface area contributed by atoms with E-state index in [4.69, 9.17) is 4.74 Å². The van der Waals surface area contributed by atoms with Crippen LogP contribution in [0, 0.1) is 5.82 Å². The lowest BCUT2D eigenvalue weighted by Gasteiger charge is -2.37. The average molecular weight is 397 g/mol. The molecule has 3 atom stereocenters. The largest absolute Gasteiger partial charge is 0.372 e. The number of nitrogens with zero attached hydrogens (tertiary/aromatic N) is 1. The van der Waals surface area contributed by atoms with Crippen molar-refractivity contribution in [3.63, 3.8) is 0 Å². The van der Waals surface area contributed by atoms with Crippen LogP contribution < -0.4 is 15.5 Å². The molecule has 0 bridgehead atoms. The molecule has 0 saturated carbocycles. The Morgan fingerprint density at radius 1 is 1.17 bits per heavy atom. The molecule has 1 fully saturated rings. The van der Waals surface area contributed by atoms with Gasteiger partial charge in [-0.15, -0.1) is 0 Å². The van der Waals surface area contributed by atoms with Crippen LogP contribution in [0.3, 0.4) is 0 Å². The molecular formula is C23H28FN3O2. The summed E-state index contributed by atoms with van der Waals surface area (Å²) in [5, 5.41) is 5.87. The molecule has 1 heterocycles. The van der Waals surface area contributed by atoms with Gasteiger partial charge in [-0.3, -0.25) is 0 Å². The molecule has 0 radical (unpaired) electrons. The number of hydrogen-bond donors (Lipinski definition) is 2. The zero-order valence-electron chi connectivity index (χ0n) is 17.0. The summed E-state index contributed by atoms with van der Waals surface area (Å²) in [6, 6.07) is 13.2. The summed E-state index contributed by atoms with van der Waals surface area (Å²) in [6.07, 6.45) is 2.03. The molecule has 1 aliphatic carbocycles. The van der Waals surface area contributed by atoms with E-state index in [0.717, 1.165) is 18.4 Å². The fraction of sp³-hybridized carbons (Fsp3) is 0.435. The van der Waals surface area contributed by atoms with Crippen molar-refractivity contribution >= 4 is 11.7 Å². The molecule has 1 aliphatic heterocycles. The lowest BCUT2D eigenvalue weighted by Crippen LogP contribution is -2.45. The van der Waals surface area contributed by atoms with Crippen molar-refractivity contribution in [3.8, 4) is 0 Å². The van der Waals surface area contributed by atoms with Crippen molar-refractivity contribution in [2.75, 3.05) is 18.0 Å². The van der Waals surface area contributed by atoms with Gasteiger partial charge in [-0.05, 0) is 55.5 Å². The van der Waals surface area contributed by atoms with Crippen molar-refractivity contribution < 1.29 is 13.9 Å². The number of nitrogens with one attached hydrogen (secondary N) is 2. The predicted octanol–water partition coefficient (Wildman–Crippen LogP) is 3.93. The summed E-state index contributed by atoms with van der Waals surface area (Å²) in [5.74, 6) is -0.268. The summed E-state index contributed by atoms with van der Waals surface area (Å²) in [4.78, 5) is 14.3. The standard InChI is InChI=1S/C23H28FN3O2/c1-15-13-27(14-16(2)29-15)22-10-7-17(11-20(22)24)12-25-23(28)26-21-9-8-18-5-3-4-6-19(18)21/h3-7,10-11,15-16,21H,8-9,12-14H2,1-2H3,(H2,25,26,28). The van der Waals surface area contributed by atoms with Gasteiger partial charge < -0.3 is 20.3 Å². The van der Waals surface area contributed by atoms with Crippen molar-refractivity contribution in [3.05, 3.63) is 65.0 Å². The molecule has 4 rings (SSSR count). The quantitative estimate of drug-likeness (QED) is 0.822. The first-order chi connectivity index (χ1) is 14.0. The van der Waals surface area contributed by atoms with Gasteiger partial charge >= 0.3 is 6.03 Å². The van der Waals surface area contributed by atoms with Gasteiger partial charge in [-0.1, -0.05) is 30.3 Å². The Balaban J connectivity index is 1.33. The van der Waals surface area contributed by atoms with Crippen LogP contribution in [-0.2, 0) is 17.7 Å². The second-order valence-electron chi connectivity index (χ2n) is 8.07. The van der Waals surface area contributed by atoms with Crippen molar-refractivity contribution in [1.82, 2.24) is 10.6 Å². The van der Waals surface area contributed by atoms with E-state index in [1.807, 2.05) is 36.9 Å². The van der Waals surface area contributed by atoms with E-state index in [1.54, 1.807) is 6.07 Å². The molecule has 6 heteroatoms. The van der Waals surface area contributed by atoms with Crippen LogP contribution in [0.5, 0.6) is 0 Å². The molecule has 1 saturated heterocycles. The summed E-state index contributed by atoms with van der Waals surface area (Å²) < 4.78 is 20.4. The number of rotatable bonds is 4. The Hall–Kier alpha value is -2.60. The van der Waals surface area contributed by atoms with Gasteiger partial charge in [0.25, 0.3) is 0 Å². The highest BCUT2D eigenvalue weighted by Crippen LogP contribution is 2.30. The third-order valence-electron chi connectivity index (χ3n) is 5.66. The maximum absolute atomic E-state index is 14.7. The summed E-state index contributed by atoms with van der Waals surface area (Å²) in [7, 11) is 0. The monoisotopic (exact) mass is 397 g/mol. The Labute approximate surface area is 171 Å². The smallest absolute Gasteiger partial charge is 0.315 e. The van der Waals surface area contributed by atoms with Crippen LogP contribution in [0.15, 0.2) is 42.5 Å². The number of urea groups is 1. The van der Waals surface area contributed by atoms with Gasteiger partial charge in [0.15, 0.2) is 0 Å². The Morgan fingerprint density at radius 2 is 1.93 bits per heavy atom. The minimum absolute atomic E-state index is 0.0376. The zero-order valence-corrected chi connectivity index (χ0v) is 17.0. The fourth-order valence-corrected chi connectivity index (χ4v) is 4.39. The predicted molar refractivity (Wildman–Crippen MR) is 111 cm³/mol. The Kier molecular flexibility index (Phi) is 5.72. The van der Waals surface area contributed by atoms with E-state index in [-0.39, 0.29) is 36.6 Å². The van der Waals surface area contributed by atoms with Crippen molar-refractivity contribution in [1.29, 1.82) is 0 Å². The highest BCUT2D eigenvalue weighted by Gasteiger charge is 2.25. The second kappa shape index (κ2) is 8.41. The molecule has 2 aliphatic rings. The first-order valence-corrected chi connectivity index (χ1v) is 10.3. The van der Waals surface area contributed by atoms with Crippen molar-refractivity contribution in [2.45, 2.75) is 51.5 Å². The minimum Gasteiger partial charge on any atom is -0.372 e. The van der Waals surface area contributed by atoms with Crippen LogP contribution in [0.4, 0.5) is 14.9 Å². The number of fused-ring (bicyclic) bond motifs is 1. The van der Waals surface area contributed by atoms with Gasteiger partial charge in [0.05, 0.1) is 23.9 Å². The van der Waals surface area contributed by atoms with Crippen LogP contribution in [-0.4, -0.2) is 31.3 Å². The Bertz CT molecular complexity index is 878. The number of benzene rings is 2. The molecular weight excluding hydrogens is 369 g/mol. The molecule has 2 amide bonds. The molecule has 2 aromatic carbocycles. The fourth-order valence-electron chi connectivity index (χ4n) is 4.39. The van der Waals surface area contributed by atoms with Crippen LogP contribution in [0.1, 0.15) is 43.0 Å². The van der Waals surface area contributed by atoms with Gasteiger partial charge in [0.2, 0.25) is 0 Å². The van der Waals surface area contributed by atoms with E-state index in [2.05, 4.69) is 22.8 Å². The number of halogens is 1. The third-order valence-corrected chi connectivity index (χ3v) is 5.66. The topological polar surface area (TPSA) is 53.6 Å². The first kappa shape index (κ1) is 19.7. The molecule has 154 valence electrons. The van der Waals surface area contributed by atoms with Gasteiger partial charge in [0.1, 0.15) is 5.82 Å². The summed E-state index contributed by atoms with van der Waals surface area (Å²) in [6.45, 7) is 5.63. The number of carbonyl (C=O) groups is 1. The first-order valence-electron chi connectivity index (χ1n) is 10.3. The number of ether oxygens (including phenoxy) is 1. The number of hydrogen-bond acceptors (Lipinski definition) is 3. The molecule has 2 N–H and O–H groups in total. The van der Waals surface area contributed by atoms with Gasteiger partial charge in [0, 0.05) is 19.6 Å². The van der Waals surface area contributed by atoms with Crippen LogP contribution in [0.2, 0.25) is 0 Å². The molecule has 0 aromatic heterocycles. The third kappa shape index (κ3) is 4.53. The number of anilines is 1. The van der Waals surface area contributed by atoms with Crippen LogP contribution >= 0.6 is 0 Å². The summed E-state index contributed by atoms with van der Waals surface area (Å²) in [5.41, 5.74) is 3.81. The minimum atomic E-state index is -0.268. The maximum Gasteiger partial charge on any atom is 0.315 e. The summed E-state index contributed by atoms with van der Waals surface area (Å²) >= 11 is 0. The molecule has 2 aromatic rings. The zero-order chi connectivity index (χ0) is 20.4. The van der Waals surface area contributed by atoms with Gasteiger partial charge in [-0.25, -0.2) is 9.18 Å². The SMILES string of the molecule is CC1CN(c2ccc(CNC(=O)NC3CCc4ccccc43)cc2F)CC(C)O1. The van der Waals surface area contributed by atoms with E-state index in [9.17, 15) is 9.18 Å². The second-order valence-corrected chi connectivity index (χ2v) is 8.07. The molecule has 0 spiro atoms. The molecule has 29 heavy (non-hydrogen) atoms. The van der Waals surface area contributed by atoms with Crippen LogP contribution in [0.25, 0.3) is 0 Å². The average Bonchev–Trinajstić information content (AvgIpc) is 3.08. The van der Waals surface area contributed by atoms with E-state index in [0.29, 0.717) is 18.8 Å². The molecule has 3 unspecified atom stereocenters. The maximum atomic E-state index is 14.7. The highest BCUT2D eigenvalue weighted by atomic mass is 19.1. The number of carbonyl (C=O) groups excluding carboxylic acids is 1.